The molecule has 5 nitrogen and oxygen atoms in total. The highest BCUT2D eigenvalue weighted by atomic mass is 16.5. The van der Waals surface area contributed by atoms with Crippen LogP contribution in [-0.4, -0.2) is 27.7 Å². The van der Waals surface area contributed by atoms with E-state index in [4.69, 9.17) is 5.11 Å². The monoisotopic (exact) mass is 168 g/mol. The number of hydrogen-bond acceptors (Lipinski definition) is 5. The third kappa shape index (κ3) is 1.91. The average Bonchev–Trinajstić information content (AvgIpc) is 2.06. The molecule has 0 atom stereocenters. The maximum atomic E-state index is 11.0. The molecule has 0 aliphatic carbocycles. The van der Waals surface area contributed by atoms with Gasteiger partial charge in [0.25, 0.3) is 0 Å². The first-order valence-corrected chi connectivity index (χ1v) is 3.42. The minimum absolute atomic E-state index is 0.231. The number of hydrogen-bond donors (Lipinski definition) is 1. The topological polar surface area (TPSA) is 72.3 Å². The van der Waals surface area contributed by atoms with Gasteiger partial charge in [0.1, 0.15) is 0 Å². The van der Waals surface area contributed by atoms with Crippen LogP contribution in [0.2, 0.25) is 0 Å². The highest BCUT2D eigenvalue weighted by molar-refractivity contribution is 5.88. The van der Waals surface area contributed by atoms with Gasteiger partial charge in [-0.05, 0) is 6.92 Å². The SMILES string of the molecule is CCOC(=O)c1cnc(O)nc1. The number of nitrogens with zero attached hydrogens (tertiary/aromatic N) is 2. The van der Waals surface area contributed by atoms with Crippen molar-refractivity contribution in [3.05, 3.63) is 18.0 Å². The van der Waals surface area contributed by atoms with Crippen molar-refractivity contribution >= 4 is 5.97 Å². The summed E-state index contributed by atoms with van der Waals surface area (Å²) < 4.78 is 4.67. The van der Waals surface area contributed by atoms with Gasteiger partial charge in [0.05, 0.1) is 12.2 Å². The lowest BCUT2D eigenvalue weighted by Crippen LogP contribution is -2.05. The molecule has 64 valence electrons. The molecule has 0 spiro atoms. The molecular formula is C7H8N2O3. The molecule has 0 saturated heterocycles. The number of aromatic nitrogens is 2. The fourth-order valence-electron chi connectivity index (χ4n) is 0.641. The predicted molar refractivity (Wildman–Crippen MR) is 39.7 cm³/mol. The van der Waals surface area contributed by atoms with Crippen molar-refractivity contribution in [2.75, 3.05) is 6.61 Å². The summed E-state index contributed by atoms with van der Waals surface area (Å²) in [6.07, 6.45) is 2.42. The largest absolute Gasteiger partial charge is 0.479 e. The van der Waals surface area contributed by atoms with E-state index in [1.807, 2.05) is 0 Å². The molecule has 1 N–H and O–H groups in total. The third-order valence-corrected chi connectivity index (χ3v) is 1.15. The smallest absolute Gasteiger partial charge is 0.341 e. The Balaban J connectivity index is 2.75. The van der Waals surface area contributed by atoms with Gasteiger partial charge in [-0.15, -0.1) is 0 Å². The van der Waals surface area contributed by atoms with E-state index in [1.165, 1.54) is 12.4 Å². The molecule has 0 radical (unpaired) electrons. The summed E-state index contributed by atoms with van der Waals surface area (Å²) in [4.78, 5) is 17.8. The molecule has 1 aromatic rings. The molecule has 0 aliphatic heterocycles. The Morgan fingerprint density at radius 3 is 2.67 bits per heavy atom. The number of rotatable bonds is 2. The Morgan fingerprint density at radius 1 is 1.58 bits per heavy atom. The lowest BCUT2D eigenvalue weighted by atomic mass is 10.3. The number of carbonyl (C=O) groups is 1. The first-order valence-electron chi connectivity index (χ1n) is 3.42. The van der Waals surface area contributed by atoms with Crippen LogP contribution in [-0.2, 0) is 4.74 Å². The maximum absolute atomic E-state index is 11.0. The van der Waals surface area contributed by atoms with Crippen LogP contribution < -0.4 is 0 Å². The zero-order chi connectivity index (χ0) is 8.97. The average molecular weight is 168 g/mol. The molecule has 0 unspecified atom stereocenters. The van der Waals surface area contributed by atoms with Crippen LogP contribution in [0.25, 0.3) is 0 Å². The summed E-state index contributed by atoms with van der Waals surface area (Å²) in [6, 6.07) is -0.358. The maximum Gasteiger partial charge on any atom is 0.341 e. The van der Waals surface area contributed by atoms with Gasteiger partial charge in [-0.25, -0.2) is 14.8 Å². The fourth-order valence-corrected chi connectivity index (χ4v) is 0.641. The van der Waals surface area contributed by atoms with Crippen LogP contribution in [0.5, 0.6) is 6.01 Å². The zero-order valence-corrected chi connectivity index (χ0v) is 6.52. The summed E-state index contributed by atoms with van der Waals surface area (Å²) in [5.41, 5.74) is 0.231. The van der Waals surface area contributed by atoms with Crippen LogP contribution in [0.15, 0.2) is 12.4 Å². The van der Waals surface area contributed by atoms with E-state index < -0.39 is 5.97 Å². The van der Waals surface area contributed by atoms with Crippen molar-refractivity contribution < 1.29 is 14.6 Å². The van der Waals surface area contributed by atoms with E-state index in [2.05, 4.69) is 14.7 Å². The second-order valence-electron chi connectivity index (χ2n) is 1.99. The number of aromatic hydroxyl groups is 1. The fraction of sp³-hybridized carbons (Fsp3) is 0.286. The Kier molecular flexibility index (Phi) is 2.57. The van der Waals surface area contributed by atoms with Gasteiger partial charge in [-0.1, -0.05) is 0 Å². The Labute approximate surface area is 69.0 Å². The highest BCUT2D eigenvalue weighted by Crippen LogP contribution is 2.01. The molecule has 1 heterocycles. The quantitative estimate of drug-likeness (QED) is 0.645. The van der Waals surface area contributed by atoms with E-state index in [0.717, 1.165) is 0 Å². The van der Waals surface area contributed by atoms with Crippen molar-refractivity contribution in [2.24, 2.45) is 0 Å². The zero-order valence-electron chi connectivity index (χ0n) is 6.52. The van der Waals surface area contributed by atoms with Crippen LogP contribution in [0.4, 0.5) is 0 Å². The van der Waals surface area contributed by atoms with E-state index in [-0.39, 0.29) is 11.6 Å². The second kappa shape index (κ2) is 3.66. The molecule has 12 heavy (non-hydrogen) atoms. The van der Waals surface area contributed by atoms with Gasteiger partial charge in [-0.2, -0.15) is 0 Å². The Morgan fingerprint density at radius 2 is 2.17 bits per heavy atom. The molecule has 0 aliphatic rings. The highest BCUT2D eigenvalue weighted by Gasteiger charge is 2.06. The van der Waals surface area contributed by atoms with Gasteiger partial charge in [0.15, 0.2) is 0 Å². The van der Waals surface area contributed by atoms with Crippen molar-refractivity contribution in [3.63, 3.8) is 0 Å². The van der Waals surface area contributed by atoms with E-state index >= 15 is 0 Å². The van der Waals surface area contributed by atoms with Gasteiger partial charge in [0, 0.05) is 12.4 Å². The lowest BCUT2D eigenvalue weighted by Gasteiger charge is -1.99. The van der Waals surface area contributed by atoms with Crippen LogP contribution in [0, 0.1) is 0 Å². The van der Waals surface area contributed by atoms with Crippen LogP contribution in [0.1, 0.15) is 17.3 Å². The molecule has 1 rings (SSSR count). The van der Waals surface area contributed by atoms with Crippen LogP contribution in [0.3, 0.4) is 0 Å². The minimum Gasteiger partial charge on any atom is -0.479 e. The van der Waals surface area contributed by atoms with E-state index in [0.29, 0.717) is 6.61 Å². The standard InChI is InChI=1S/C7H8N2O3/c1-2-12-6(10)5-3-8-7(11)9-4-5/h3-4H,2H2,1H3,(H,8,9,11). The van der Waals surface area contributed by atoms with Gasteiger partial charge < -0.3 is 9.84 Å². The van der Waals surface area contributed by atoms with Gasteiger partial charge in [-0.3, -0.25) is 0 Å². The predicted octanol–water partition coefficient (Wildman–Crippen LogP) is 0.359. The molecule has 5 heteroatoms. The van der Waals surface area contributed by atoms with Gasteiger partial charge >= 0.3 is 12.0 Å². The summed E-state index contributed by atoms with van der Waals surface area (Å²) in [5.74, 6) is -0.488. The Hall–Kier alpha value is -1.65. The van der Waals surface area contributed by atoms with Crippen molar-refractivity contribution in [3.8, 4) is 6.01 Å². The molecule has 0 fully saturated rings. The first-order chi connectivity index (χ1) is 5.74. The summed E-state index contributed by atoms with van der Waals surface area (Å²) in [7, 11) is 0. The van der Waals surface area contributed by atoms with E-state index in [1.54, 1.807) is 6.92 Å². The molecular weight excluding hydrogens is 160 g/mol. The van der Waals surface area contributed by atoms with Gasteiger partial charge in [0.2, 0.25) is 0 Å². The van der Waals surface area contributed by atoms with Crippen molar-refractivity contribution in [1.82, 2.24) is 9.97 Å². The molecule has 0 saturated carbocycles. The summed E-state index contributed by atoms with van der Waals surface area (Å²) >= 11 is 0. The molecule has 1 aromatic heterocycles. The van der Waals surface area contributed by atoms with E-state index in [9.17, 15) is 4.79 Å². The molecule has 0 bridgehead atoms. The first kappa shape index (κ1) is 8.45. The lowest BCUT2D eigenvalue weighted by molar-refractivity contribution is 0.0525. The minimum atomic E-state index is -0.488. The molecule has 0 amide bonds. The number of ether oxygens (including phenoxy) is 1. The van der Waals surface area contributed by atoms with Crippen molar-refractivity contribution in [2.45, 2.75) is 6.92 Å². The molecule has 0 aromatic carbocycles. The second-order valence-corrected chi connectivity index (χ2v) is 1.99. The third-order valence-electron chi connectivity index (χ3n) is 1.15. The van der Waals surface area contributed by atoms with Crippen molar-refractivity contribution in [1.29, 1.82) is 0 Å². The number of carbonyl (C=O) groups excluding carboxylic acids is 1. The summed E-state index contributed by atoms with van der Waals surface area (Å²) in [6.45, 7) is 2.01. The Bertz CT molecular complexity index is 270. The summed E-state index contributed by atoms with van der Waals surface area (Å²) in [5, 5.41) is 8.69. The van der Waals surface area contributed by atoms with Crippen LogP contribution >= 0.6 is 0 Å². The normalized spacial score (nSPS) is 9.42. The number of esters is 1.